The predicted octanol–water partition coefficient (Wildman–Crippen LogP) is 4.67. The van der Waals surface area contributed by atoms with Crippen LogP contribution in [0.1, 0.15) is 25.8 Å². The average molecular weight is 419 g/mol. The van der Waals surface area contributed by atoms with Crippen molar-refractivity contribution in [2.24, 2.45) is 0 Å². The van der Waals surface area contributed by atoms with Crippen LogP contribution in [0.15, 0.2) is 65.6 Å². The van der Waals surface area contributed by atoms with Crippen LogP contribution in [0.2, 0.25) is 0 Å². The minimum absolute atomic E-state index is 0.283. The summed E-state index contributed by atoms with van der Waals surface area (Å²) >= 11 is 0. The first kappa shape index (κ1) is 21.9. The molecule has 0 aliphatic rings. The number of para-hydroxylation sites is 1. The standard InChI is InChI=1S/C23H24F3NO3/c1-21(2,16-7-6-8-17(13-16)30-3)14-22(29,23(24,25)26)15-27-12-11-20(28)18-9-4-5-10-19(18)27/h4-13,29H,14-15H2,1-3H3. The summed E-state index contributed by atoms with van der Waals surface area (Å²) < 4.78 is 48.8. The number of benzene rings is 2. The minimum Gasteiger partial charge on any atom is -0.497 e. The number of alkyl halides is 3. The molecule has 1 heterocycles. The number of hydrogen-bond donors (Lipinski definition) is 1. The third kappa shape index (κ3) is 4.21. The van der Waals surface area contributed by atoms with E-state index in [0.29, 0.717) is 22.2 Å². The molecule has 0 aliphatic heterocycles. The summed E-state index contributed by atoms with van der Waals surface area (Å²) in [6.45, 7) is 2.58. The molecule has 1 atom stereocenters. The molecule has 0 saturated carbocycles. The molecule has 0 fully saturated rings. The van der Waals surface area contributed by atoms with E-state index in [1.165, 1.54) is 23.9 Å². The number of ether oxygens (including phenoxy) is 1. The topological polar surface area (TPSA) is 51.5 Å². The number of hydrogen-bond acceptors (Lipinski definition) is 3. The van der Waals surface area contributed by atoms with Gasteiger partial charge in [0.05, 0.1) is 19.2 Å². The van der Waals surface area contributed by atoms with Crippen LogP contribution >= 0.6 is 0 Å². The van der Waals surface area contributed by atoms with Crippen LogP contribution in [-0.2, 0) is 12.0 Å². The smallest absolute Gasteiger partial charge is 0.418 e. The Kier molecular flexibility index (Phi) is 5.69. The highest BCUT2D eigenvalue weighted by Gasteiger charge is 2.56. The number of pyridine rings is 1. The van der Waals surface area contributed by atoms with Gasteiger partial charge in [-0.1, -0.05) is 38.1 Å². The van der Waals surface area contributed by atoms with Gasteiger partial charge in [0.25, 0.3) is 0 Å². The highest BCUT2D eigenvalue weighted by molar-refractivity contribution is 5.78. The van der Waals surface area contributed by atoms with Crippen molar-refractivity contribution in [3.63, 3.8) is 0 Å². The van der Waals surface area contributed by atoms with E-state index in [2.05, 4.69) is 0 Å². The summed E-state index contributed by atoms with van der Waals surface area (Å²) in [5.41, 5.74) is -3.35. The Hall–Kier alpha value is -2.80. The van der Waals surface area contributed by atoms with Crippen molar-refractivity contribution in [2.45, 2.75) is 44.0 Å². The Morgan fingerprint density at radius 1 is 1.03 bits per heavy atom. The fraction of sp³-hybridized carbons (Fsp3) is 0.348. The Balaban J connectivity index is 2.04. The molecule has 160 valence electrons. The summed E-state index contributed by atoms with van der Waals surface area (Å²) in [6.07, 6.45) is -4.16. The van der Waals surface area contributed by atoms with Crippen molar-refractivity contribution in [1.82, 2.24) is 4.57 Å². The van der Waals surface area contributed by atoms with E-state index in [1.807, 2.05) is 0 Å². The Bertz CT molecular complexity index is 1100. The molecule has 30 heavy (non-hydrogen) atoms. The van der Waals surface area contributed by atoms with Crippen molar-refractivity contribution >= 4 is 10.9 Å². The van der Waals surface area contributed by atoms with Crippen LogP contribution in [-0.4, -0.2) is 28.6 Å². The summed E-state index contributed by atoms with van der Waals surface area (Å²) in [7, 11) is 1.49. The van der Waals surface area contributed by atoms with E-state index in [-0.39, 0.29) is 5.43 Å². The van der Waals surface area contributed by atoms with Crippen LogP contribution in [0.4, 0.5) is 13.2 Å². The van der Waals surface area contributed by atoms with Crippen molar-refractivity contribution in [2.75, 3.05) is 7.11 Å². The highest BCUT2D eigenvalue weighted by Crippen LogP contribution is 2.42. The lowest BCUT2D eigenvalue weighted by atomic mass is 9.74. The van der Waals surface area contributed by atoms with Gasteiger partial charge in [-0.25, -0.2) is 0 Å². The van der Waals surface area contributed by atoms with Gasteiger partial charge in [-0.2, -0.15) is 13.2 Å². The van der Waals surface area contributed by atoms with Gasteiger partial charge in [0, 0.05) is 17.6 Å². The molecule has 2 aromatic carbocycles. The molecule has 3 rings (SSSR count). The Morgan fingerprint density at radius 2 is 1.73 bits per heavy atom. The van der Waals surface area contributed by atoms with Crippen LogP contribution < -0.4 is 10.2 Å². The minimum atomic E-state index is -4.88. The van der Waals surface area contributed by atoms with Crippen LogP contribution in [0.5, 0.6) is 5.75 Å². The Morgan fingerprint density at radius 3 is 2.40 bits per heavy atom. The highest BCUT2D eigenvalue weighted by atomic mass is 19.4. The molecule has 0 saturated heterocycles. The fourth-order valence-electron chi connectivity index (χ4n) is 3.80. The van der Waals surface area contributed by atoms with Gasteiger partial charge >= 0.3 is 6.18 Å². The van der Waals surface area contributed by atoms with E-state index in [0.717, 1.165) is 0 Å². The zero-order chi connectivity index (χ0) is 22.2. The molecule has 0 amide bonds. The molecule has 1 N–H and O–H groups in total. The molecular formula is C23H24F3NO3. The van der Waals surface area contributed by atoms with E-state index in [9.17, 15) is 23.1 Å². The quantitative estimate of drug-likeness (QED) is 0.632. The fourth-order valence-corrected chi connectivity index (χ4v) is 3.80. The maximum atomic E-state index is 14.1. The predicted molar refractivity (Wildman–Crippen MR) is 110 cm³/mol. The van der Waals surface area contributed by atoms with Gasteiger partial charge < -0.3 is 14.4 Å². The summed E-state index contributed by atoms with van der Waals surface area (Å²) in [6, 6.07) is 14.4. The maximum Gasteiger partial charge on any atom is 0.418 e. The molecule has 1 unspecified atom stereocenters. The van der Waals surface area contributed by atoms with E-state index >= 15 is 0 Å². The molecular weight excluding hydrogens is 395 g/mol. The molecule has 1 aromatic heterocycles. The third-order valence-electron chi connectivity index (χ3n) is 5.43. The van der Waals surface area contributed by atoms with Crippen molar-refractivity contribution in [1.29, 1.82) is 0 Å². The first-order valence-electron chi connectivity index (χ1n) is 9.49. The third-order valence-corrected chi connectivity index (χ3v) is 5.43. The van der Waals surface area contributed by atoms with Crippen molar-refractivity contribution in [3.8, 4) is 5.75 Å². The number of rotatable bonds is 6. The summed E-state index contributed by atoms with van der Waals surface area (Å²) in [5.74, 6) is 0.530. The second-order valence-electron chi connectivity index (χ2n) is 8.15. The number of fused-ring (bicyclic) bond motifs is 1. The van der Waals surface area contributed by atoms with Gasteiger partial charge in [-0.3, -0.25) is 4.79 Å². The first-order chi connectivity index (χ1) is 14.0. The zero-order valence-corrected chi connectivity index (χ0v) is 17.0. The first-order valence-corrected chi connectivity index (χ1v) is 9.49. The Labute approximate surface area is 172 Å². The monoisotopic (exact) mass is 419 g/mol. The number of methoxy groups -OCH3 is 1. The van der Waals surface area contributed by atoms with Gasteiger partial charge in [-0.15, -0.1) is 0 Å². The van der Waals surface area contributed by atoms with E-state index in [1.54, 1.807) is 62.4 Å². The summed E-state index contributed by atoms with van der Waals surface area (Å²) in [5, 5.41) is 11.2. The number of halogens is 3. The second kappa shape index (κ2) is 7.80. The largest absolute Gasteiger partial charge is 0.497 e. The molecule has 4 nitrogen and oxygen atoms in total. The van der Waals surface area contributed by atoms with Gasteiger partial charge in [-0.05, 0) is 41.7 Å². The van der Waals surface area contributed by atoms with E-state index < -0.39 is 30.2 Å². The number of aromatic nitrogens is 1. The lowest BCUT2D eigenvalue weighted by Gasteiger charge is -2.38. The maximum absolute atomic E-state index is 14.1. The molecule has 7 heteroatoms. The lowest BCUT2D eigenvalue weighted by Crippen LogP contribution is -2.52. The average Bonchev–Trinajstić information content (AvgIpc) is 2.69. The molecule has 0 aliphatic carbocycles. The van der Waals surface area contributed by atoms with Crippen molar-refractivity contribution in [3.05, 3.63) is 76.6 Å². The van der Waals surface area contributed by atoms with Gasteiger partial charge in [0.15, 0.2) is 11.0 Å². The molecule has 0 bridgehead atoms. The molecule has 0 spiro atoms. The van der Waals surface area contributed by atoms with Crippen molar-refractivity contribution < 1.29 is 23.0 Å². The van der Waals surface area contributed by atoms with Gasteiger partial charge in [0.2, 0.25) is 0 Å². The normalized spacial score (nSPS) is 14.5. The molecule has 3 aromatic rings. The zero-order valence-electron chi connectivity index (χ0n) is 17.0. The molecule has 0 radical (unpaired) electrons. The summed E-state index contributed by atoms with van der Waals surface area (Å²) in [4.78, 5) is 12.1. The SMILES string of the molecule is COc1cccc(C(C)(C)CC(O)(Cn2ccc(=O)c3ccccc32)C(F)(F)F)c1. The van der Waals surface area contributed by atoms with Crippen LogP contribution in [0, 0.1) is 0 Å². The lowest BCUT2D eigenvalue weighted by molar-refractivity contribution is -0.271. The van der Waals surface area contributed by atoms with Gasteiger partial charge in [0.1, 0.15) is 5.75 Å². The van der Waals surface area contributed by atoms with Crippen LogP contribution in [0.25, 0.3) is 10.9 Å². The van der Waals surface area contributed by atoms with E-state index in [4.69, 9.17) is 4.74 Å². The number of aliphatic hydroxyl groups is 1. The number of nitrogens with zero attached hydrogens (tertiary/aromatic N) is 1. The van der Waals surface area contributed by atoms with Crippen LogP contribution in [0.3, 0.4) is 0 Å². The second-order valence-corrected chi connectivity index (χ2v) is 8.15.